The Kier molecular flexibility index (Phi) is 5.15. The predicted octanol–water partition coefficient (Wildman–Crippen LogP) is 6.14. The Bertz CT molecular complexity index is 1060. The number of azo groups is 1. The number of ketones is 1. The number of thiophene rings is 1. The highest BCUT2D eigenvalue weighted by molar-refractivity contribution is 7.11. The summed E-state index contributed by atoms with van der Waals surface area (Å²) in [5.41, 5.74) is 3.29. The van der Waals surface area contributed by atoms with Gasteiger partial charge >= 0.3 is 0 Å². The van der Waals surface area contributed by atoms with Crippen LogP contribution in [0.25, 0.3) is 5.70 Å². The SMILES string of the molecule is CC1=CC(=C(N=Nc2ccccc2Cl)c2scc3c2OCCO3)C=C(C)C1=O. The van der Waals surface area contributed by atoms with Crippen LogP contribution in [0.4, 0.5) is 5.69 Å². The molecular weight excluding hydrogens is 396 g/mol. The van der Waals surface area contributed by atoms with Crippen LogP contribution in [0.5, 0.6) is 11.5 Å². The Morgan fingerprint density at radius 3 is 2.57 bits per heavy atom. The van der Waals surface area contributed by atoms with E-state index in [1.807, 2.05) is 29.7 Å². The van der Waals surface area contributed by atoms with Crippen molar-refractivity contribution >= 4 is 40.1 Å². The predicted molar refractivity (Wildman–Crippen MR) is 111 cm³/mol. The Morgan fingerprint density at radius 1 is 1.11 bits per heavy atom. The maximum Gasteiger partial charge on any atom is 0.184 e. The zero-order valence-electron chi connectivity index (χ0n) is 15.4. The summed E-state index contributed by atoms with van der Waals surface area (Å²) in [6.45, 7) is 4.59. The van der Waals surface area contributed by atoms with Gasteiger partial charge in [-0.15, -0.1) is 21.6 Å². The Labute approximate surface area is 171 Å². The maximum absolute atomic E-state index is 12.2. The van der Waals surface area contributed by atoms with E-state index in [9.17, 15) is 4.79 Å². The lowest BCUT2D eigenvalue weighted by Crippen LogP contribution is -2.14. The summed E-state index contributed by atoms with van der Waals surface area (Å²) in [5, 5.41) is 11.3. The van der Waals surface area contributed by atoms with Crippen LogP contribution in [0.3, 0.4) is 0 Å². The quantitative estimate of drug-likeness (QED) is 0.568. The molecule has 2 aromatic rings. The normalized spacial score (nSPS) is 16.2. The van der Waals surface area contributed by atoms with Gasteiger partial charge in [-0.1, -0.05) is 23.7 Å². The van der Waals surface area contributed by atoms with E-state index in [-0.39, 0.29) is 5.78 Å². The number of carbonyl (C=O) groups is 1. The highest BCUT2D eigenvalue weighted by Gasteiger charge is 2.24. The first-order valence-corrected chi connectivity index (χ1v) is 9.99. The second kappa shape index (κ2) is 7.73. The van der Waals surface area contributed by atoms with Crippen LogP contribution in [0.15, 0.2) is 68.7 Å². The molecule has 2 heterocycles. The van der Waals surface area contributed by atoms with Crippen LogP contribution in [-0.4, -0.2) is 19.0 Å². The smallest absolute Gasteiger partial charge is 0.184 e. The van der Waals surface area contributed by atoms with E-state index >= 15 is 0 Å². The number of halogens is 1. The van der Waals surface area contributed by atoms with E-state index in [1.165, 1.54) is 11.3 Å². The molecule has 0 atom stereocenters. The van der Waals surface area contributed by atoms with Crippen molar-refractivity contribution < 1.29 is 14.3 Å². The largest absolute Gasteiger partial charge is 0.485 e. The number of benzene rings is 1. The van der Waals surface area contributed by atoms with Gasteiger partial charge in [0.15, 0.2) is 17.3 Å². The number of fused-ring (bicyclic) bond motifs is 1. The molecule has 0 unspecified atom stereocenters. The van der Waals surface area contributed by atoms with Crippen molar-refractivity contribution in [1.29, 1.82) is 0 Å². The zero-order chi connectivity index (χ0) is 19.7. The molecule has 0 saturated heterocycles. The lowest BCUT2D eigenvalue weighted by molar-refractivity contribution is -0.112. The van der Waals surface area contributed by atoms with E-state index in [0.717, 1.165) is 10.5 Å². The van der Waals surface area contributed by atoms with Crippen molar-refractivity contribution in [2.24, 2.45) is 10.2 Å². The van der Waals surface area contributed by atoms with Gasteiger partial charge in [0, 0.05) is 11.0 Å². The molecule has 1 aliphatic carbocycles. The fourth-order valence-corrected chi connectivity index (χ4v) is 4.09. The second-order valence-electron chi connectivity index (χ2n) is 6.39. The molecule has 1 aromatic carbocycles. The van der Waals surface area contributed by atoms with Crippen LogP contribution >= 0.6 is 22.9 Å². The second-order valence-corrected chi connectivity index (χ2v) is 7.68. The van der Waals surface area contributed by atoms with Crippen LogP contribution in [0, 0.1) is 0 Å². The first kappa shape index (κ1) is 18.7. The molecule has 0 spiro atoms. The molecule has 0 bridgehead atoms. The number of nitrogens with zero attached hydrogens (tertiary/aromatic N) is 2. The summed E-state index contributed by atoms with van der Waals surface area (Å²) < 4.78 is 11.5. The van der Waals surface area contributed by atoms with Crippen LogP contribution in [-0.2, 0) is 4.79 Å². The molecule has 28 heavy (non-hydrogen) atoms. The Morgan fingerprint density at radius 2 is 1.82 bits per heavy atom. The molecular formula is C21H17ClN2O3S. The van der Waals surface area contributed by atoms with Gasteiger partial charge in [-0.05, 0) is 49.3 Å². The molecule has 7 heteroatoms. The van der Waals surface area contributed by atoms with Gasteiger partial charge in [0.25, 0.3) is 0 Å². The van der Waals surface area contributed by atoms with Crippen molar-refractivity contribution in [2.75, 3.05) is 13.2 Å². The molecule has 0 N–H and O–H groups in total. The van der Waals surface area contributed by atoms with Crippen molar-refractivity contribution in [1.82, 2.24) is 0 Å². The molecule has 5 nitrogen and oxygen atoms in total. The first-order valence-electron chi connectivity index (χ1n) is 8.74. The van der Waals surface area contributed by atoms with Crippen molar-refractivity contribution in [2.45, 2.75) is 13.8 Å². The van der Waals surface area contributed by atoms with E-state index < -0.39 is 0 Å². The van der Waals surface area contributed by atoms with Crippen molar-refractivity contribution in [3.8, 4) is 11.5 Å². The maximum atomic E-state index is 12.2. The molecule has 142 valence electrons. The van der Waals surface area contributed by atoms with Gasteiger partial charge in [0.2, 0.25) is 0 Å². The van der Waals surface area contributed by atoms with Gasteiger partial charge in [0.1, 0.15) is 29.5 Å². The topological polar surface area (TPSA) is 60.3 Å². The first-order chi connectivity index (χ1) is 13.5. The number of Topliss-reactive ketones (excluding diaryl/α,β-unsaturated/α-hetero) is 1. The van der Waals surface area contributed by atoms with Crippen LogP contribution in [0.1, 0.15) is 18.7 Å². The lowest BCUT2D eigenvalue weighted by atomic mass is 9.94. The summed E-state index contributed by atoms with van der Waals surface area (Å²) >= 11 is 7.69. The fraction of sp³-hybridized carbons (Fsp3) is 0.190. The van der Waals surface area contributed by atoms with Crippen LogP contribution < -0.4 is 9.47 Å². The number of rotatable bonds is 3. The van der Waals surface area contributed by atoms with Gasteiger partial charge in [-0.3, -0.25) is 4.79 Å². The Balaban J connectivity index is 1.88. The number of hydrogen-bond donors (Lipinski definition) is 0. The Hall–Kier alpha value is -2.70. The monoisotopic (exact) mass is 412 g/mol. The van der Waals surface area contributed by atoms with E-state index in [2.05, 4.69) is 10.2 Å². The van der Waals surface area contributed by atoms with Gasteiger partial charge in [-0.2, -0.15) is 0 Å². The highest BCUT2D eigenvalue weighted by atomic mass is 35.5. The summed E-state index contributed by atoms with van der Waals surface area (Å²) in [4.78, 5) is 13.0. The molecule has 4 rings (SSSR count). The van der Waals surface area contributed by atoms with Crippen LogP contribution in [0.2, 0.25) is 5.02 Å². The minimum absolute atomic E-state index is 0.0268. The lowest BCUT2D eigenvalue weighted by Gasteiger charge is -2.17. The number of hydrogen-bond acceptors (Lipinski definition) is 6. The van der Waals surface area contributed by atoms with Crippen molar-refractivity contribution in [3.63, 3.8) is 0 Å². The fourth-order valence-electron chi connectivity index (χ4n) is 2.98. The molecule has 0 amide bonds. The van der Waals surface area contributed by atoms with Crippen molar-refractivity contribution in [3.05, 3.63) is 68.4 Å². The average molecular weight is 413 g/mol. The highest BCUT2D eigenvalue weighted by Crippen LogP contribution is 2.45. The summed E-state index contributed by atoms with van der Waals surface area (Å²) in [6, 6.07) is 7.25. The molecule has 0 radical (unpaired) electrons. The molecule has 0 fully saturated rings. The number of allylic oxidation sites excluding steroid dienone is 5. The van der Waals surface area contributed by atoms with Gasteiger partial charge < -0.3 is 9.47 Å². The standard InChI is InChI=1S/C21H17ClN2O3S/c1-12-9-14(10-13(2)19(12)25)18(24-23-16-6-4-3-5-15(16)22)21-20-17(11-28-21)26-7-8-27-20/h3-6,9-11H,7-8H2,1-2H3. The van der Waals surface area contributed by atoms with E-state index in [0.29, 0.717) is 52.3 Å². The molecule has 1 aliphatic heterocycles. The third kappa shape index (κ3) is 3.53. The minimum atomic E-state index is 0.0268. The minimum Gasteiger partial charge on any atom is -0.485 e. The molecule has 0 saturated carbocycles. The molecule has 1 aromatic heterocycles. The third-order valence-electron chi connectivity index (χ3n) is 4.36. The summed E-state index contributed by atoms with van der Waals surface area (Å²) in [7, 11) is 0. The molecule has 2 aliphatic rings. The summed E-state index contributed by atoms with van der Waals surface area (Å²) in [6.07, 6.45) is 3.65. The van der Waals surface area contributed by atoms with E-state index in [1.54, 1.807) is 26.0 Å². The van der Waals surface area contributed by atoms with Gasteiger partial charge in [0.05, 0.1) is 5.02 Å². The summed E-state index contributed by atoms with van der Waals surface area (Å²) in [5.74, 6) is 1.38. The number of ether oxygens (including phenoxy) is 2. The van der Waals surface area contributed by atoms with Gasteiger partial charge in [-0.25, -0.2) is 0 Å². The average Bonchev–Trinajstić information content (AvgIpc) is 3.11. The third-order valence-corrected chi connectivity index (χ3v) is 5.63. The zero-order valence-corrected chi connectivity index (χ0v) is 16.9. The van der Waals surface area contributed by atoms with E-state index in [4.69, 9.17) is 21.1 Å². The number of carbonyl (C=O) groups excluding carboxylic acids is 1.